The van der Waals surface area contributed by atoms with Gasteiger partial charge in [-0.25, -0.2) is 0 Å². The van der Waals surface area contributed by atoms with Crippen molar-refractivity contribution in [1.29, 1.82) is 0 Å². The summed E-state index contributed by atoms with van der Waals surface area (Å²) in [7, 11) is 0. The first-order valence-electron chi connectivity index (χ1n) is 6.35. The summed E-state index contributed by atoms with van der Waals surface area (Å²) >= 11 is 4.01. The van der Waals surface area contributed by atoms with Crippen molar-refractivity contribution in [3.8, 4) is 0 Å². The highest BCUT2D eigenvalue weighted by Crippen LogP contribution is 2.39. The Balaban J connectivity index is 1.78. The third-order valence-corrected chi connectivity index (χ3v) is 5.83. The van der Waals surface area contributed by atoms with Gasteiger partial charge in [-0.2, -0.15) is 0 Å². The van der Waals surface area contributed by atoms with Crippen LogP contribution in [0.4, 0.5) is 0 Å². The van der Waals surface area contributed by atoms with Crippen LogP contribution >= 0.6 is 23.5 Å². The van der Waals surface area contributed by atoms with Gasteiger partial charge < -0.3 is 0 Å². The Hall–Kier alpha value is -0.860. The monoisotopic (exact) mass is 272 g/mol. The quantitative estimate of drug-likeness (QED) is 0.707. The summed E-state index contributed by atoms with van der Waals surface area (Å²) in [4.78, 5) is 0. The third kappa shape index (κ3) is 2.76. The molecule has 0 aromatic heterocycles. The molecule has 18 heavy (non-hydrogen) atoms. The fraction of sp³-hybridized carbons (Fsp3) is 0.250. The molecular formula is C16H16S2. The lowest BCUT2D eigenvalue weighted by Crippen LogP contribution is -1.98. The molecule has 1 aliphatic carbocycles. The van der Waals surface area contributed by atoms with Crippen molar-refractivity contribution in [3.63, 3.8) is 0 Å². The second-order valence-corrected chi connectivity index (χ2v) is 6.92. The van der Waals surface area contributed by atoms with Gasteiger partial charge in [-0.05, 0) is 29.1 Å². The van der Waals surface area contributed by atoms with Gasteiger partial charge in [-0.1, -0.05) is 54.6 Å². The number of benzene rings is 1. The topological polar surface area (TPSA) is 0 Å². The molecule has 0 N–H and O–H groups in total. The molecule has 1 aromatic carbocycles. The van der Waals surface area contributed by atoms with E-state index < -0.39 is 0 Å². The smallest absolute Gasteiger partial charge is 0.0473 e. The van der Waals surface area contributed by atoms with Crippen LogP contribution < -0.4 is 0 Å². The van der Waals surface area contributed by atoms with Gasteiger partial charge in [0.1, 0.15) is 0 Å². The van der Waals surface area contributed by atoms with Gasteiger partial charge in [0.25, 0.3) is 0 Å². The fourth-order valence-corrected chi connectivity index (χ4v) is 4.73. The van der Waals surface area contributed by atoms with E-state index in [1.807, 2.05) is 23.5 Å². The Morgan fingerprint density at radius 3 is 2.22 bits per heavy atom. The molecule has 0 saturated carbocycles. The minimum Gasteiger partial charge on any atom is -0.119 e. The maximum atomic E-state index is 2.31. The predicted octanol–water partition coefficient (Wildman–Crippen LogP) is 4.98. The van der Waals surface area contributed by atoms with E-state index in [0.29, 0.717) is 5.92 Å². The van der Waals surface area contributed by atoms with E-state index in [2.05, 4.69) is 54.6 Å². The molecule has 0 amide bonds. The Bertz CT molecular complexity index is 473. The lowest BCUT2D eigenvalue weighted by atomic mass is 9.94. The molecule has 1 saturated heterocycles. The van der Waals surface area contributed by atoms with Crippen LogP contribution in [0.3, 0.4) is 0 Å². The number of rotatable bonds is 1. The average molecular weight is 272 g/mol. The number of allylic oxidation sites excluding steroid dienone is 5. The minimum absolute atomic E-state index is 0.439. The van der Waals surface area contributed by atoms with Crippen molar-refractivity contribution in [2.75, 3.05) is 11.5 Å². The molecule has 0 unspecified atom stereocenters. The van der Waals surface area contributed by atoms with Crippen LogP contribution in [-0.2, 0) is 0 Å². The molecule has 0 spiro atoms. The standard InChI is InChI=1S/C16H16S2/c1-2-5-13(6-3-1)14-7-9-15(10-8-14)16-17-11-4-12-18-16/h1-3,5-10,14H,4,11-12H2. The summed E-state index contributed by atoms with van der Waals surface area (Å²) in [5, 5.41) is 0. The first kappa shape index (κ1) is 12.2. The molecule has 1 heterocycles. The van der Waals surface area contributed by atoms with Gasteiger partial charge in [0, 0.05) is 10.2 Å². The lowest BCUT2D eigenvalue weighted by molar-refractivity contribution is 1.07. The van der Waals surface area contributed by atoms with Crippen LogP contribution in [0.25, 0.3) is 0 Å². The molecule has 1 aliphatic heterocycles. The van der Waals surface area contributed by atoms with E-state index in [1.54, 1.807) is 0 Å². The number of thioether (sulfide) groups is 2. The zero-order valence-electron chi connectivity index (χ0n) is 10.2. The zero-order chi connectivity index (χ0) is 12.2. The molecule has 92 valence electrons. The number of hydrogen-bond acceptors (Lipinski definition) is 2. The van der Waals surface area contributed by atoms with Crippen molar-refractivity contribution in [2.24, 2.45) is 0 Å². The fourth-order valence-electron chi connectivity index (χ4n) is 2.16. The van der Waals surface area contributed by atoms with Crippen LogP contribution in [0, 0.1) is 0 Å². The Labute approximate surface area is 117 Å². The van der Waals surface area contributed by atoms with Gasteiger partial charge >= 0.3 is 0 Å². The lowest BCUT2D eigenvalue weighted by Gasteiger charge is -2.18. The summed E-state index contributed by atoms with van der Waals surface area (Å²) in [5.41, 5.74) is 2.77. The highest BCUT2D eigenvalue weighted by atomic mass is 32.2. The summed E-state index contributed by atoms with van der Waals surface area (Å²) < 4.78 is 1.50. The predicted molar refractivity (Wildman–Crippen MR) is 84.0 cm³/mol. The van der Waals surface area contributed by atoms with Crippen LogP contribution in [0.1, 0.15) is 17.9 Å². The molecule has 3 rings (SSSR count). The summed E-state index contributed by atoms with van der Waals surface area (Å²) in [6, 6.07) is 10.7. The van der Waals surface area contributed by atoms with Crippen LogP contribution in [0.15, 0.2) is 64.4 Å². The van der Waals surface area contributed by atoms with E-state index >= 15 is 0 Å². The first-order chi connectivity index (χ1) is 8.93. The molecular weight excluding hydrogens is 256 g/mol. The normalized spacial score (nSPS) is 23.4. The van der Waals surface area contributed by atoms with E-state index in [4.69, 9.17) is 0 Å². The Morgan fingerprint density at radius 1 is 0.889 bits per heavy atom. The number of hydrogen-bond donors (Lipinski definition) is 0. The second-order valence-electron chi connectivity index (χ2n) is 4.45. The van der Waals surface area contributed by atoms with Gasteiger partial charge in [0.15, 0.2) is 0 Å². The van der Waals surface area contributed by atoms with E-state index in [1.165, 1.54) is 33.3 Å². The third-order valence-electron chi connectivity index (χ3n) is 3.14. The summed E-state index contributed by atoms with van der Waals surface area (Å²) in [6.45, 7) is 0. The van der Waals surface area contributed by atoms with Crippen LogP contribution in [0.2, 0.25) is 0 Å². The summed E-state index contributed by atoms with van der Waals surface area (Å²) in [5.74, 6) is 2.99. The average Bonchev–Trinajstić information content (AvgIpc) is 2.49. The van der Waals surface area contributed by atoms with Crippen molar-refractivity contribution in [1.82, 2.24) is 0 Å². The van der Waals surface area contributed by atoms with Crippen molar-refractivity contribution in [3.05, 3.63) is 70.0 Å². The maximum absolute atomic E-state index is 2.31. The zero-order valence-corrected chi connectivity index (χ0v) is 11.8. The van der Waals surface area contributed by atoms with E-state index in [9.17, 15) is 0 Å². The molecule has 0 radical (unpaired) electrons. The molecule has 0 nitrogen and oxygen atoms in total. The van der Waals surface area contributed by atoms with Crippen LogP contribution in [-0.4, -0.2) is 11.5 Å². The largest absolute Gasteiger partial charge is 0.119 e. The van der Waals surface area contributed by atoms with E-state index in [0.717, 1.165) is 0 Å². The van der Waals surface area contributed by atoms with Crippen molar-refractivity contribution < 1.29 is 0 Å². The highest BCUT2D eigenvalue weighted by molar-refractivity contribution is 8.22. The molecule has 2 aliphatic rings. The highest BCUT2D eigenvalue weighted by Gasteiger charge is 2.13. The van der Waals surface area contributed by atoms with Crippen LogP contribution in [0.5, 0.6) is 0 Å². The van der Waals surface area contributed by atoms with Gasteiger partial charge in [0.2, 0.25) is 0 Å². The van der Waals surface area contributed by atoms with E-state index in [-0.39, 0.29) is 0 Å². The molecule has 0 bridgehead atoms. The molecule has 1 aromatic rings. The van der Waals surface area contributed by atoms with Gasteiger partial charge in [-0.3, -0.25) is 0 Å². The molecule has 1 fully saturated rings. The van der Waals surface area contributed by atoms with Gasteiger partial charge in [0.05, 0.1) is 0 Å². The Morgan fingerprint density at radius 2 is 1.56 bits per heavy atom. The van der Waals surface area contributed by atoms with Crippen molar-refractivity contribution >= 4 is 23.5 Å². The molecule has 2 heteroatoms. The maximum Gasteiger partial charge on any atom is 0.0473 e. The van der Waals surface area contributed by atoms with Crippen molar-refractivity contribution in [2.45, 2.75) is 12.3 Å². The second kappa shape index (κ2) is 5.85. The minimum atomic E-state index is 0.439. The summed E-state index contributed by atoms with van der Waals surface area (Å²) in [6.07, 6.45) is 10.5. The first-order valence-corrected chi connectivity index (χ1v) is 8.32. The molecule has 0 atom stereocenters. The Kier molecular flexibility index (Phi) is 3.96. The van der Waals surface area contributed by atoms with Gasteiger partial charge in [-0.15, -0.1) is 23.5 Å². The SMILES string of the molecule is C1=CC(c2ccccc2)C=CC1=C1SCCCS1.